The lowest BCUT2D eigenvalue weighted by molar-refractivity contribution is -0.161. The Morgan fingerprint density at radius 1 is 0.248 bits per heavy atom. The molecule has 0 saturated heterocycles. The smallest absolute Gasteiger partial charge is 0.462 e. The maximum atomic E-state index is 13.2. The van der Waals surface area contributed by atoms with Crippen molar-refractivity contribution in [3.8, 4) is 0 Å². The molecule has 0 amide bonds. The van der Waals surface area contributed by atoms with Gasteiger partial charge in [0.2, 0.25) is 0 Å². The van der Waals surface area contributed by atoms with Gasteiger partial charge in [-0.2, -0.15) is 0 Å². The van der Waals surface area contributed by atoms with Gasteiger partial charge in [-0.05, 0) is 43.4 Å². The van der Waals surface area contributed by atoms with Crippen molar-refractivity contribution in [2.75, 3.05) is 39.6 Å². The number of phosphoric ester groups is 2. The Kier molecular flexibility index (Phi) is 78.5. The van der Waals surface area contributed by atoms with Crippen LogP contribution in [0.25, 0.3) is 0 Å². The van der Waals surface area contributed by atoms with Gasteiger partial charge in [0, 0.05) is 25.7 Å². The van der Waals surface area contributed by atoms with E-state index in [1.165, 1.54) is 289 Å². The Labute approximate surface area is 670 Å². The summed E-state index contributed by atoms with van der Waals surface area (Å²) < 4.78 is 69.1. The number of phosphoric acid groups is 2. The largest absolute Gasteiger partial charge is 0.472 e. The van der Waals surface area contributed by atoms with E-state index in [1.54, 1.807) is 0 Å². The second-order valence-corrected chi connectivity index (χ2v) is 36.7. The van der Waals surface area contributed by atoms with Crippen LogP contribution in [0.2, 0.25) is 0 Å². The first-order valence-corrected chi connectivity index (χ1v) is 49.3. The number of ether oxygens (including phenoxy) is 4. The van der Waals surface area contributed by atoms with E-state index in [0.29, 0.717) is 25.7 Å². The molecule has 2 unspecified atom stereocenters. The highest BCUT2D eigenvalue weighted by atomic mass is 31.2. The van der Waals surface area contributed by atoms with Crippen LogP contribution in [0.3, 0.4) is 0 Å². The van der Waals surface area contributed by atoms with Gasteiger partial charge in [0.15, 0.2) is 12.2 Å². The summed E-state index contributed by atoms with van der Waals surface area (Å²) in [7, 11) is -9.94. The first-order valence-electron chi connectivity index (χ1n) is 46.3. The predicted octanol–water partition coefficient (Wildman–Crippen LogP) is 27.6. The van der Waals surface area contributed by atoms with Crippen LogP contribution in [0.4, 0.5) is 0 Å². The molecule has 17 nitrogen and oxygen atoms in total. The molecule has 0 heterocycles. The third-order valence-electron chi connectivity index (χ3n) is 21.1. The molecule has 0 aliphatic rings. The summed E-state index contributed by atoms with van der Waals surface area (Å²) in [5.41, 5.74) is 0. The third-order valence-corrected chi connectivity index (χ3v) is 23.0. The topological polar surface area (TPSA) is 237 Å². The van der Waals surface area contributed by atoms with E-state index in [2.05, 4.69) is 48.5 Å². The Morgan fingerprint density at radius 3 is 0.624 bits per heavy atom. The molecule has 0 spiro atoms. The van der Waals surface area contributed by atoms with Gasteiger partial charge < -0.3 is 33.8 Å². The molecular formula is C90H176O17P2. The fourth-order valence-corrected chi connectivity index (χ4v) is 15.7. The Balaban J connectivity index is 5.25. The van der Waals surface area contributed by atoms with E-state index < -0.39 is 97.5 Å². The van der Waals surface area contributed by atoms with Crippen LogP contribution in [-0.4, -0.2) is 96.7 Å². The van der Waals surface area contributed by atoms with Gasteiger partial charge in [-0.1, -0.05) is 427 Å². The molecule has 0 aliphatic carbocycles. The van der Waals surface area contributed by atoms with E-state index in [0.717, 1.165) is 108 Å². The van der Waals surface area contributed by atoms with Crippen LogP contribution < -0.4 is 0 Å². The number of carbonyl (C=O) groups excluding carboxylic acids is 4. The monoisotopic (exact) mass is 1590 g/mol. The van der Waals surface area contributed by atoms with Crippen molar-refractivity contribution >= 4 is 39.5 Å². The maximum Gasteiger partial charge on any atom is 0.472 e. The summed E-state index contributed by atoms with van der Waals surface area (Å²) in [4.78, 5) is 73.4. The van der Waals surface area contributed by atoms with Gasteiger partial charge >= 0.3 is 39.5 Å². The summed E-state index contributed by atoms with van der Waals surface area (Å²) in [5.74, 6) is 0.253. The Morgan fingerprint density at radius 2 is 0.422 bits per heavy atom. The third kappa shape index (κ3) is 83.8. The number of unbranched alkanes of at least 4 members (excludes halogenated alkanes) is 56. The lowest BCUT2D eigenvalue weighted by Gasteiger charge is -2.21. The lowest BCUT2D eigenvalue weighted by atomic mass is 10.0. The van der Waals surface area contributed by atoms with Crippen LogP contribution in [0.5, 0.6) is 0 Å². The predicted molar refractivity (Wildman–Crippen MR) is 451 cm³/mol. The van der Waals surface area contributed by atoms with Gasteiger partial charge in [-0.25, -0.2) is 9.13 Å². The molecule has 5 atom stereocenters. The molecule has 109 heavy (non-hydrogen) atoms. The molecule has 0 saturated carbocycles. The zero-order valence-electron chi connectivity index (χ0n) is 72.0. The number of carbonyl (C=O) groups is 4. The summed E-state index contributed by atoms with van der Waals surface area (Å²) in [5, 5.41) is 10.7. The molecule has 19 heteroatoms. The minimum atomic E-state index is -4.97. The second kappa shape index (κ2) is 79.9. The van der Waals surface area contributed by atoms with Gasteiger partial charge in [0.25, 0.3) is 0 Å². The van der Waals surface area contributed by atoms with Crippen LogP contribution in [0, 0.1) is 17.8 Å². The van der Waals surface area contributed by atoms with Gasteiger partial charge in [-0.15, -0.1) is 0 Å². The zero-order valence-corrected chi connectivity index (χ0v) is 73.8. The molecule has 0 aromatic carbocycles. The van der Waals surface area contributed by atoms with E-state index in [-0.39, 0.29) is 25.7 Å². The second-order valence-electron chi connectivity index (χ2n) is 33.8. The average molecular weight is 1590 g/mol. The molecule has 0 radical (unpaired) electrons. The molecule has 0 rings (SSSR count). The highest BCUT2D eigenvalue weighted by molar-refractivity contribution is 7.47. The van der Waals surface area contributed by atoms with Crippen LogP contribution in [-0.2, 0) is 65.4 Å². The maximum absolute atomic E-state index is 13.2. The van der Waals surface area contributed by atoms with Gasteiger partial charge in [-0.3, -0.25) is 37.3 Å². The minimum absolute atomic E-state index is 0.108. The molecule has 648 valence electrons. The van der Waals surface area contributed by atoms with Crippen molar-refractivity contribution in [3.63, 3.8) is 0 Å². The number of hydrogen-bond donors (Lipinski definition) is 3. The van der Waals surface area contributed by atoms with E-state index in [4.69, 9.17) is 37.0 Å². The minimum Gasteiger partial charge on any atom is -0.462 e. The molecule has 0 bridgehead atoms. The first-order chi connectivity index (χ1) is 52.7. The number of hydrogen-bond acceptors (Lipinski definition) is 15. The standard InChI is InChI=1S/C90H176O17P2/c1-8-9-10-11-12-13-14-15-16-17-18-19-20-21-26-32-37-44-52-59-66-73-89(94)106-85(77-100-87(92)71-64-57-50-43-36-31-27-22-24-29-34-40-47-54-61-68-81(2)3)79-104-108(96,97)102-75-84(91)76-103-109(98,99)105-80-86(78-101-88(93)72-65-58-51-46-39-42-49-56-63-70-83(6)7)107-90(95)74-67-60-53-45-38-33-28-23-25-30-35-41-48-55-62-69-82(4)5/h81-86,91H,8-80H2,1-7H3,(H,96,97)(H,98,99)/t84-,85-,86-/m1/s1. The summed E-state index contributed by atoms with van der Waals surface area (Å²) in [6.07, 6.45) is 72.3. The Hall–Kier alpha value is -1.94. The van der Waals surface area contributed by atoms with E-state index in [9.17, 15) is 43.2 Å². The number of aliphatic hydroxyl groups excluding tert-OH is 1. The number of esters is 4. The summed E-state index contributed by atoms with van der Waals surface area (Å²) in [6, 6.07) is 0. The number of rotatable bonds is 88. The van der Waals surface area contributed by atoms with Crippen molar-refractivity contribution in [2.45, 2.75) is 497 Å². The molecule has 3 N–H and O–H groups in total. The summed E-state index contributed by atoms with van der Waals surface area (Å²) in [6.45, 7) is 12.0. The van der Waals surface area contributed by atoms with Gasteiger partial charge in [0.1, 0.15) is 19.3 Å². The van der Waals surface area contributed by atoms with Crippen molar-refractivity contribution in [2.24, 2.45) is 17.8 Å². The first kappa shape index (κ1) is 107. The molecule has 0 aromatic rings. The van der Waals surface area contributed by atoms with E-state index >= 15 is 0 Å². The van der Waals surface area contributed by atoms with E-state index in [1.807, 2.05) is 0 Å². The van der Waals surface area contributed by atoms with Crippen LogP contribution >= 0.6 is 15.6 Å². The van der Waals surface area contributed by atoms with Crippen LogP contribution in [0.15, 0.2) is 0 Å². The Bertz CT molecular complexity index is 2100. The summed E-state index contributed by atoms with van der Waals surface area (Å²) >= 11 is 0. The molecular weight excluding hydrogens is 1410 g/mol. The molecule has 0 aliphatic heterocycles. The molecule has 0 aromatic heterocycles. The van der Waals surface area contributed by atoms with Crippen molar-refractivity contribution in [3.05, 3.63) is 0 Å². The van der Waals surface area contributed by atoms with Crippen LogP contribution in [0.1, 0.15) is 479 Å². The number of aliphatic hydroxyl groups is 1. The quantitative estimate of drug-likeness (QED) is 0.0222. The SMILES string of the molecule is CCCCCCCCCCCCCCCCCCCCCCCC(=O)O[C@H](COC(=O)CCCCCCCCCCCCCCCCCC(C)C)COP(=O)(O)OC[C@@H](O)COP(=O)(O)OC[C@@H](COC(=O)CCCCCCCCCCCC(C)C)OC(=O)CCCCCCCCCCCCCCCCCC(C)C. The van der Waals surface area contributed by atoms with Crippen molar-refractivity contribution in [1.82, 2.24) is 0 Å². The zero-order chi connectivity index (χ0) is 80.0. The molecule has 0 fully saturated rings. The lowest BCUT2D eigenvalue weighted by Crippen LogP contribution is -2.30. The fourth-order valence-electron chi connectivity index (χ4n) is 14.1. The highest BCUT2D eigenvalue weighted by Gasteiger charge is 2.31. The average Bonchev–Trinajstić information content (AvgIpc) is 0.898. The normalized spacial score (nSPS) is 13.8. The fraction of sp³-hybridized carbons (Fsp3) is 0.956. The van der Waals surface area contributed by atoms with Crippen molar-refractivity contribution < 1.29 is 80.2 Å². The van der Waals surface area contributed by atoms with Gasteiger partial charge in [0.05, 0.1) is 26.4 Å². The van der Waals surface area contributed by atoms with Crippen molar-refractivity contribution in [1.29, 1.82) is 0 Å². The highest BCUT2D eigenvalue weighted by Crippen LogP contribution is 2.45.